The number of hydrogen-bond acceptors (Lipinski definition) is 23. The Labute approximate surface area is 415 Å². The number of aliphatic hydroxyl groups is 10. The zero-order valence-corrected chi connectivity index (χ0v) is 39.5. The summed E-state index contributed by atoms with van der Waals surface area (Å²) in [6.07, 6.45) is -29.1. The van der Waals surface area contributed by atoms with Gasteiger partial charge in [0, 0.05) is 18.9 Å². The zero-order chi connectivity index (χ0) is 53.5. The number of carboxylic acid groups (broad SMARTS) is 1. The van der Waals surface area contributed by atoms with Crippen molar-refractivity contribution in [1.29, 1.82) is 0 Å². The number of nitrogens with one attached hydrogen (secondary N) is 1. The molecule has 27 heteroatoms. The number of halogens is 1. The predicted molar refractivity (Wildman–Crippen MR) is 238 cm³/mol. The van der Waals surface area contributed by atoms with E-state index in [1.165, 1.54) is 60.3 Å². The number of ether oxygens (including phenoxy) is 7. The van der Waals surface area contributed by atoms with Crippen molar-refractivity contribution in [1.82, 2.24) is 20.3 Å². The Kier molecular flexibility index (Phi) is 19.5. The first kappa shape index (κ1) is 57.1. The lowest BCUT2D eigenvalue weighted by atomic mass is 9.81. The molecule has 3 aromatic rings. The lowest BCUT2D eigenvalue weighted by molar-refractivity contribution is -0.362. The lowest BCUT2D eigenvalue weighted by Gasteiger charge is -2.49. The van der Waals surface area contributed by atoms with Crippen molar-refractivity contribution in [3.05, 3.63) is 72.2 Å². The average molecular weight is 1040 g/mol. The van der Waals surface area contributed by atoms with Crippen LogP contribution in [0.5, 0.6) is 0 Å². The fourth-order valence-corrected chi connectivity index (χ4v) is 8.91. The van der Waals surface area contributed by atoms with E-state index in [1.807, 2.05) is 0 Å². The van der Waals surface area contributed by atoms with Gasteiger partial charge >= 0.3 is 17.9 Å². The summed E-state index contributed by atoms with van der Waals surface area (Å²) in [6.45, 7) is 0.331. The summed E-state index contributed by atoms with van der Waals surface area (Å²) in [5.41, 5.74) is 0.288. The number of nitrogens with zero attached hydrogens (tertiary/aromatic N) is 3. The number of aliphatic hydroxyl groups excluding tert-OH is 9. The molecule has 1 aliphatic carbocycles. The van der Waals surface area contributed by atoms with Gasteiger partial charge in [-0.05, 0) is 50.5 Å². The number of carboxylic acids is 1. The highest BCUT2D eigenvalue weighted by Crippen LogP contribution is 2.42. The average Bonchev–Trinajstić information content (AvgIpc) is 3.86. The van der Waals surface area contributed by atoms with Gasteiger partial charge in [-0.3, -0.25) is 9.59 Å². The fourth-order valence-electron chi connectivity index (χ4n) is 8.91. The molecule has 26 nitrogen and oxygen atoms in total. The molecule has 0 spiro atoms. The Balaban J connectivity index is 1.44. The number of hydrogen-bond donors (Lipinski definition) is 12. The fraction of sp³-hybridized carbons (Fsp3) is 0.609. The van der Waals surface area contributed by atoms with Gasteiger partial charge in [-0.15, -0.1) is 5.10 Å². The third kappa shape index (κ3) is 13.6. The molecule has 19 atom stereocenters. The van der Waals surface area contributed by atoms with Crippen LogP contribution in [0.2, 0.25) is 0 Å². The van der Waals surface area contributed by atoms with E-state index in [0.29, 0.717) is 0 Å². The highest BCUT2D eigenvalue weighted by Gasteiger charge is 2.57. The first-order valence-corrected chi connectivity index (χ1v) is 23.1. The maximum Gasteiger partial charge on any atom is 0.364 e. The number of aliphatic carboxylic acids is 1. The second kappa shape index (κ2) is 24.9. The van der Waals surface area contributed by atoms with Gasteiger partial charge in [0.15, 0.2) is 18.7 Å². The summed E-state index contributed by atoms with van der Waals surface area (Å²) < 4.78 is 57.1. The molecular formula is C46H61FN4O22. The zero-order valence-electron chi connectivity index (χ0n) is 39.5. The van der Waals surface area contributed by atoms with Crippen LogP contribution in [-0.4, -0.2) is 219 Å². The normalized spacial score (nSPS) is 32.0. The number of rotatable bonds is 21. The van der Waals surface area contributed by atoms with Crippen LogP contribution in [0.3, 0.4) is 0 Å². The highest BCUT2D eigenvalue weighted by atomic mass is 19.1. The van der Waals surface area contributed by atoms with Crippen LogP contribution < -0.4 is 5.32 Å². The number of amides is 1. The maximum atomic E-state index is 14.4. The van der Waals surface area contributed by atoms with E-state index >= 15 is 0 Å². The number of esters is 2. The molecule has 1 saturated carbocycles. The summed E-state index contributed by atoms with van der Waals surface area (Å²) >= 11 is 0. The van der Waals surface area contributed by atoms with E-state index in [0.717, 1.165) is 14.0 Å². The molecule has 2 aliphatic heterocycles. The molecule has 17 unspecified atom stereocenters. The molecule has 0 bridgehead atoms. The van der Waals surface area contributed by atoms with Gasteiger partial charge in [-0.25, -0.2) is 18.7 Å². The monoisotopic (exact) mass is 1040 g/mol. The Morgan fingerprint density at radius 3 is 2.22 bits per heavy atom. The van der Waals surface area contributed by atoms with E-state index in [1.54, 1.807) is 12.1 Å². The summed E-state index contributed by atoms with van der Waals surface area (Å²) in [6, 6.07) is 9.60. The largest absolute Gasteiger partial charge is 0.477 e. The Bertz CT molecular complexity index is 2320. The number of carbonyl (C=O) groups is 4. The van der Waals surface area contributed by atoms with Crippen LogP contribution >= 0.6 is 0 Å². The van der Waals surface area contributed by atoms with Crippen LogP contribution in [0.4, 0.5) is 4.39 Å². The molecule has 73 heavy (non-hydrogen) atoms. The van der Waals surface area contributed by atoms with Crippen molar-refractivity contribution < 1.29 is 113 Å². The minimum Gasteiger partial charge on any atom is -0.477 e. The molecule has 3 fully saturated rings. The quantitative estimate of drug-likeness (QED) is 0.0366. The standard InChI is InChI=1S/C46H61FN4O22/c1-20-34(58)36(60)37(61)43(68-20)72-38-28(51-17-27(49-50-51)23-10-7-11-25(47)12-23)13-24(41(62)67-3)14-32(38)69-44-40(71-42(63)22-8-5-4-6-9-22)39(35(59)33(19-53)70-44)73-46(66,45(64)65)16-30(56)26(48-21(2)54)15-29(55)31(57)18-52/h4-12,17,20,24,26,28-40,43-44,52-53,55-61,66H,13-16,18-19H2,1-3H3,(H,48,54)(H,64,65)/t20?,24?,26?,28?,29-,30?,31+,32?,33?,34?,35?,36?,37?,38?,39?,40?,43?,44?,46?/m0/s1. The van der Waals surface area contributed by atoms with Crippen molar-refractivity contribution >= 4 is 23.8 Å². The summed E-state index contributed by atoms with van der Waals surface area (Å²) in [5.74, 6) is -10.4. The van der Waals surface area contributed by atoms with Crippen LogP contribution in [0, 0.1) is 11.7 Å². The molecule has 3 aliphatic rings. The SMILES string of the molecule is COC(=O)C1CC(OC2OC(CO)C(O)C(OC(O)(CC(O)C(C[C@H](O)[C@H](O)CO)NC(C)=O)C(=O)O)C2OC(=O)c2ccccc2)C(OC2OC(C)C(O)C(O)C2O)C(n2cc(-c3cccc(F)c3)nn2)C1. The first-order chi connectivity index (χ1) is 34.6. The van der Waals surface area contributed by atoms with Gasteiger partial charge in [0.1, 0.15) is 60.3 Å². The topological polar surface area (TPSA) is 398 Å². The van der Waals surface area contributed by atoms with Crippen LogP contribution in [0.1, 0.15) is 55.9 Å². The molecule has 0 radical (unpaired) electrons. The van der Waals surface area contributed by atoms with Gasteiger partial charge in [-0.2, -0.15) is 0 Å². The predicted octanol–water partition coefficient (Wildman–Crippen LogP) is -3.37. The molecule has 2 aromatic carbocycles. The van der Waals surface area contributed by atoms with E-state index in [4.69, 9.17) is 33.2 Å². The van der Waals surface area contributed by atoms with Gasteiger partial charge in [0.2, 0.25) is 5.91 Å². The second-order valence-electron chi connectivity index (χ2n) is 18.1. The minimum atomic E-state index is -3.62. The number of benzene rings is 2. The van der Waals surface area contributed by atoms with Crippen molar-refractivity contribution in [3.8, 4) is 11.3 Å². The van der Waals surface area contributed by atoms with E-state index in [-0.39, 0.29) is 29.7 Å². The smallest absolute Gasteiger partial charge is 0.364 e. The Morgan fingerprint density at radius 1 is 0.877 bits per heavy atom. The second-order valence-corrected chi connectivity index (χ2v) is 18.1. The maximum absolute atomic E-state index is 14.4. The molecule has 404 valence electrons. The van der Waals surface area contributed by atoms with E-state index < -0.39 is 171 Å². The van der Waals surface area contributed by atoms with E-state index in [9.17, 15) is 79.7 Å². The van der Waals surface area contributed by atoms with Gasteiger partial charge in [-0.1, -0.05) is 35.5 Å². The Morgan fingerprint density at radius 2 is 1.59 bits per heavy atom. The van der Waals surface area contributed by atoms with Crippen molar-refractivity contribution in [3.63, 3.8) is 0 Å². The molecule has 6 rings (SSSR count). The third-order valence-electron chi connectivity index (χ3n) is 12.9. The van der Waals surface area contributed by atoms with Crippen molar-refractivity contribution in [2.45, 2.75) is 149 Å². The molecule has 1 amide bonds. The van der Waals surface area contributed by atoms with Crippen molar-refractivity contribution in [2.24, 2.45) is 5.92 Å². The number of carbonyl (C=O) groups excluding carboxylic acids is 3. The number of aromatic nitrogens is 3. The van der Waals surface area contributed by atoms with Crippen LogP contribution in [0.25, 0.3) is 11.3 Å². The summed E-state index contributed by atoms with van der Waals surface area (Å²) in [5, 5.41) is 129. The van der Waals surface area contributed by atoms with Gasteiger partial charge in [0.25, 0.3) is 5.79 Å². The summed E-state index contributed by atoms with van der Waals surface area (Å²) in [7, 11) is 1.10. The highest BCUT2D eigenvalue weighted by molar-refractivity contribution is 5.89. The third-order valence-corrected chi connectivity index (χ3v) is 12.9. The Hall–Kier alpha value is -5.21. The molecular weight excluding hydrogens is 980 g/mol. The molecule has 1 aromatic heterocycles. The summed E-state index contributed by atoms with van der Waals surface area (Å²) in [4.78, 5) is 52.7. The first-order valence-electron chi connectivity index (χ1n) is 23.1. The lowest BCUT2D eigenvalue weighted by Crippen LogP contribution is -2.66. The number of methoxy groups -OCH3 is 1. The minimum absolute atomic E-state index is 0.132. The van der Waals surface area contributed by atoms with Gasteiger partial charge in [0.05, 0.1) is 74.5 Å². The van der Waals surface area contributed by atoms with Gasteiger partial charge < -0.3 is 94.6 Å². The van der Waals surface area contributed by atoms with Crippen molar-refractivity contribution in [2.75, 3.05) is 20.3 Å². The van der Waals surface area contributed by atoms with E-state index in [2.05, 4.69) is 15.6 Å². The van der Waals surface area contributed by atoms with Crippen LogP contribution in [-0.2, 0) is 47.5 Å². The molecule has 3 heterocycles. The molecule has 12 N–H and O–H groups in total. The molecule has 2 saturated heterocycles. The van der Waals surface area contributed by atoms with Crippen LogP contribution in [0.15, 0.2) is 60.8 Å².